The van der Waals surface area contributed by atoms with Crippen LogP contribution in [0.3, 0.4) is 0 Å². The van der Waals surface area contributed by atoms with E-state index in [2.05, 4.69) is 10.2 Å². The summed E-state index contributed by atoms with van der Waals surface area (Å²) in [5.74, 6) is -0.704. The van der Waals surface area contributed by atoms with E-state index in [1.54, 1.807) is 18.2 Å². The molecule has 0 atom stereocenters. The Morgan fingerprint density at radius 2 is 1.70 bits per heavy atom. The smallest absolute Gasteiger partial charge is 0.293 e. The molecule has 0 bridgehead atoms. The fraction of sp³-hybridized carbons (Fsp3) is 0.0370. The second-order valence-electron chi connectivity index (χ2n) is 8.10. The number of fused-ring (bicyclic) bond motifs is 1. The third-order valence-electron chi connectivity index (χ3n) is 5.73. The lowest BCUT2D eigenvalue weighted by molar-refractivity contribution is -0.385. The molecule has 0 aliphatic carbocycles. The lowest BCUT2D eigenvalue weighted by atomic mass is 10.1. The van der Waals surface area contributed by atoms with Gasteiger partial charge >= 0.3 is 0 Å². The summed E-state index contributed by atoms with van der Waals surface area (Å²) >= 11 is 0.700. The van der Waals surface area contributed by atoms with Crippen LogP contribution in [0.4, 0.5) is 21.9 Å². The monoisotopic (exact) mass is 510 g/mol. The van der Waals surface area contributed by atoms with E-state index in [1.807, 2.05) is 42.5 Å². The van der Waals surface area contributed by atoms with Crippen LogP contribution in [0.5, 0.6) is 5.75 Å². The van der Waals surface area contributed by atoms with Crippen molar-refractivity contribution in [2.24, 2.45) is 10.2 Å². The minimum Gasteiger partial charge on any atom is -0.507 e. The van der Waals surface area contributed by atoms with Crippen molar-refractivity contribution in [3.05, 3.63) is 111 Å². The molecule has 1 heterocycles. The zero-order chi connectivity index (χ0) is 25.9. The number of amides is 2. The quantitative estimate of drug-likeness (QED) is 0.128. The van der Waals surface area contributed by atoms with E-state index in [1.165, 1.54) is 30.3 Å². The Hall–Kier alpha value is -4.83. The van der Waals surface area contributed by atoms with Crippen LogP contribution >= 0.6 is 11.8 Å². The Morgan fingerprint density at radius 3 is 2.54 bits per heavy atom. The molecule has 1 aliphatic rings. The normalized spacial score (nSPS) is 14.8. The van der Waals surface area contributed by atoms with Gasteiger partial charge in [-0.1, -0.05) is 54.6 Å². The van der Waals surface area contributed by atoms with Crippen molar-refractivity contribution in [3.8, 4) is 5.75 Å². The van der Waals surface area contributed by atoms with Crippen LogP contribution in [0, 0.1) is 10.1 Å². The molecule has 1 fully saturated rings. The Morgan fingerprint density at radius 1 is 0.946 bits per heavy atom. The molecule has 0 aromatic heterocycles. The highest BCUT2D eigenvalue weighted by Crippen LogP contribution is 2.37. The lowest BCUT2D eigenvalue weighted by Crippen LogP contribution is -2.27. The Kier molecular flexibility index (Phi) is 6.48. The molecule has 4 aromatic rings. The van der Waals surface area contributed by atoms with Gasteiger partial charge in [-0.15, -0.1) is 5.11 Å². The molecule has 182 valence electrons. The molecule has 10 heteroatoms. The van der Waals surface area contributed by atoms with E-state index in [9.17, 15) is 24.8 Å². The summed E-state index contributed by atoms with van der Waals surface area (Å²) < 4.78 is 0. The Labute approximate surface area is 214 Å². The first-order valence-electron chi connectivity index (χ1n) is 11.1. The van der Waals surface area contributed by atoms with Crippen molar-refractivity contribution in [1.82, 2.24) is 4.90 Å². The van der Waals surface area contributed by atoms with Gasteiger partial charge in [0, 0.05) is 22.6 Å². The maximum atomic E-state index is 13.0. The van der Waals surface area contributed by atoms with Crippen LogP contribution in [0.1, 0.15) is 11.1 Å². The van der Waals surface area contributed by atoms with E-state index in [0.717, 1.165) is 15.7 Å². The highest BCUT2D eigenvalue weighted by atomic mass is 32.2. The molecule has 37 heavy (non-hydrogen) atoms. The van der Waals surface area contributed by atoms with Crippen LogP contribution in [-0.2, 0) is 11.3 Å². The van der Waals surface area contributed by atoms with E-state index in [0.29, 0.717) is 23.1 Å². The fourth-order valence-corrected chi connectivity index (χ4v) is 4.73. The topological polar surface area (TPSA) is 125 Å². The number of phenols is 1. The van der Waals surface area contributed by atoms with E-state index < -0.39 is 16.1 Å². The van der Waals surface area contributed by atoms with Crippen LogP contribution < -0.4 is 0 Å². The number of thioether (sulfide) groups is 1. The number of para-hydroxylation sites is 1. The molecule has 1 N–H and O–H groups in total. The zero-order valence-electron chi connectivity index (χ0n) is 19.1. The molecule has 4 aromatic carbocycles. The number of hydrogen-bond donors (Lipinski definition) is 1. The van der Waals surface area contributed by atoms with Gasteiger partial charge in [0.15, 0.2) is 0 Å². The number of hydrogen-bond acceptors (Lipinski definition) is 8. The van der Waals surface area contributed by atoms with Gasteiger partial charge in [0.2, 0.25) is 0 Å². The van der Waals surface area contributed by atoms with Crippen LogP contribution in [-0.4, -0.2) is 26.1 Å². The van der Waals surface area contributed by atoms with Crippen molar-refractivity contribution >= 4 is 56.8 Å². The molecule has 9 nitrogen and oxygen atoms in total. The minimum absolute atomic E-state index is 0.0852. The van der Waals surface area contributed by atoms with E-state index >= 15 is 0 Å². The van der Waals surface area contributed by atoms with Gasteiger partial charge in [0.25, 0.3) is 16.8 Å². The maximum absolute atomic E-state index is 13.0. The third kappa shape index (κ3) is 4.95. The lowest BCUT2D eigenvalue weighted by Gasteiger charge is -2.12. The summed E-state index contributed by atoms with van der Waals surface area (Å²) in [6, 6.07) is 24.0. The van der Waals surface area contributed by atoms with E-state index in [4.69, 9.17) is 0 Å². The fourth-order valence-electron chi connectivity index (χ4n) is 3.90. The van der Waals surface area contributed by atoms with Gasteiger partial charge in [0.05, 0.1) is 27.7 Å². The molecule has 0 spiro atoms. The number of phenolic OH excluding ortho intramolecular Hbond substituents is 1. The van der Waals surface area contributed by atoms with Crippen LogP contribution in [0.2, 0.25) is 0 Å². The zero-order valence-corrected chi connectivity index (χ0v) is 20.0. The predicted octanol–water partition coefficient (Wildman–Crippen LogP) is 7.11. The summed E-state index contributed by atoms with van der Waals surface area (Å²) in [5, 5.41) is 31.7. The first-order valence-corrected chi connectivity index (χ1v) is 11.9. The van der Waals surface area contributed by atoms with Crippen LogP contribution in [0.25, 0.3) is 16.8 Å². The first-order chi connectivity index (χ1) is 17.9. The van der Waals surface area contributed by atoms with Crippen molar-refractivity contribution in [3.63, 3.8) is 0 Å². The predicted molar refractivity (Wildman–Crippen MR) is 141 cm³/mol. The number of nitrogens with zero attached hydrogens (tertiary/aromatic N) is 4. The largest absolute Gasteiger partial charge is 0.507 e. The number of nitro groups is 1. The number of azo groups is 1. The molecule has 0 radical (unpaired) electrons. The molecule has 0 unspecified atom stereocenters. The minimum atomic E-state index is -0.602. The number of rotatable bonds is 6. The van der Waals surface area contributed by atoms with E-state index in [-0.39, 0.29) is 34.0 Å². The number of carbonyl (C=O) groups excluding carboxylic acids is 2. The maximum Gasteiger partial charge on any atom is 0.293 e. The van der Waals surface area contributed by atoms with Crippen LogP contribution in [0.15, 0.2) is 100 Å². The third-order valence-corrected chi connectivity index (χ3v) is 6.64. The van der Waals surface area contributed by atoms with Crippen molar-refractivity contribution < 1.29 is 19.6 Å². The highest BCUT2D eigenvalue weighted by Gasteiger charge is 2.36. The average molecular weight is 511 g/mol. The molecule has 1 saturated heterocycles. The summed E-state index contributed by atoms with van der Waals surface area (Å²) in [5.41, 5.74) is 1.48. The SMILES string of the molecule is O=C1S/C(=C\c2cc(N=Nc3cccc4ccccc34)ccc2O)C(=O)N1Cc1ccccc1[N+](=O)[O-]. The second-order valence-corrected chi connectivity index (χ2v) is 9.09. The summed E-state index contributed by atoms with van der Waals surface area (Å²) in [6.45, 7) is -0.232. The summed E-state index contributed by atoms with van der Waals surface area (Å²) in [7, 11) is 0. The molecular formula is C27H18N4O5S. The molecule has 0 saturated carbocycles. The number of benzene rings is 4. The summed E-state index contributed by atoms with van der Waals surface area (Å²) in [6.07, 6.45) is 1.40. The van der Waals surface area contributed by atoms with Gasteiger partial charge in [-0.3, -0.25) is 24.6 Å². The van der Waals surface area contributed by atoms with Gasteiger partial charge < -0.3 is 5.11 Å². The van der Waals surface area contributed by atoms with Crippen molar-refractivity contribution in [2.75, 3.05) is 0 Å². The molecule has 1 aliphatic heterocycles. The molecule has 5 rings (SSSR count). The van der Waals surface area contributed by atoms with Gasteiger partial charge in [-0.2, -0.15) is 5.11 Å². The molecular weight excluding hydrogens is 492 g/mol. The van der Waals surface area contributed by atoms with Gasteiger partial charge in [-0.05, 0) is 47.5 Å². The standard InChI is InChI=1S/C27H18N4O5S/c32-24-13-12-20(28-29-22-10-5-8-17-6-1-3-9-21(17)22)14-19(24)15-25-26(33)30(27(34)37-25)16-18-7-2-4-11-23(18)31(35)36/h1-15,32H,16H2/b25-15-,29-28?. The highest BCUT2D eigenvalue weighted by molar-refractivity contribution is 8.18. The number of nitro benzene ring substituents is 1. The second kappa shape index (κ2) is 10.0. The van der Waals surface area contributed by atoms with Crippen molar-refractivity contribution in [1.29, 1.82) is 0 Å². The Bertz CT molecular complexity index is 1630. The van der Waals surface area contributed by atoms with Crippen molar-refractivity contribution in [2.45, 2.75) is 6.54 Å². The summed E-state index contributed by atoms with van der Waals surface area (Å²) in [4.78, 5) is 37.3. The molecule has 2 amide bonds. The van der Waals surface area contributed by atoms with Gasteiger partial charge in [0.1, 0.15) is 5.75 Å². The number of aromatic hydroxyl groups is 1. The average Bonchev–Trinajstić information content (AvgIpc) is 3.16. The Balaban J connectivity index is 1.40. The number of imide groups is 1. The number of carbonyl (C=O) groups is 2. The first kappa shape index (κ1) is 23.9. The van der Waals surface area contributed by atoms with Gasteiger partial charge in [-0.25, -0.2) is 0 Å².